The van der Waals surface area contributed by atoms with Gasteiger partial charge in [0.2, 0.25) is 10.0 Å². The molecule has 11 heteroatoms. The number of sulfonamides is 1. The number of allylic oxidation sites excluding steroid dienone is 4. The SMILES string of the molecule is [B]c1cnn2c(NCc3ccc(CNS(=O)(=O)c4ccc(Cl)cc4)cc3)cc(C3=C(Cl)CCC=C3)nc12. The molecule has 2 radical (unpaired) electrons. The molecule has 37 heavy (non-hydrogen) atoms. The first kappa shape index (κ1) is 25.5. The molecule has 2 aromatic carbocycles. The number of nitrogens with zero attached hydrogens (tertiary/aromatic N) is 3. The lowest BCUT2D eigenvalue weighted by molar-refractivity contribution is 0.581. The van der Waals surface area contributed by atoms with E-state index in [-0.39, 0.29) is 11.4 Å². The Morgan fingerprint density at radius 2 is 1.70 bits per heavy atom. The second-order valence-electron chi connectivity index (χ2n) is 8.57. The van der Waals surface area contributed by atoms with Gasteiger partial charge in [0.1, 0.15) is 13.7 Å². The van der Waals surface area contributed by atoms with E-state index in [9.17, 15) is 8.42 Å². The van der Waals surface area contributed by atoms with Crippen LogP contribution in [0.2, 0.25) is 5.02 Å². The quantitative estimate of drug-likeness (QED) is 0.314. The molecule has 0 unspecified atom stereocenters. The number of nitrogens with one attached hydrogen (secondary N) is 2. The molecule has 1 aliphatic rings. The van der Waals surface area contributed by atoms with Crippen LogP contribution in [-0.2, 0) is 23.1 Å². The maximum Gasteiger partial charge on any atom is 0.240 e. The molecule has 7 nitrogen and oxygen atoms in total. The summed E-state index contributed by atoms with van der Waals surface area (Å²) in [6, 6.07) is 15.6. The van der Waals surface area contributed by atoms with Crippen molar-refractivity contribution in [2.75, 3.05) is 5.32 Å². The van der Waals surface area contributed by atoms with E-state index < -0.39 is 10.0 Å². The Balaban J connectivity index is 1.29. The summed E-state index contributed by atoms with van der Waals surface area (Å²) in [5.41, 5.74) is 4.48. The maximum absolute atomic E-state index is 12.5. The highest BCUT2D eigenvalue weighted by Crippen LogP contribution is 2.30. The summed E-state index contributed by atoms with van der Waals surface area (Å²) in [6.45, 7) is 0.681. The first-order valence-electron chi connectivity index (χ1n) is 11.6. The van der Waals surface area contributed by atoms with Crippen molar-refractivity contribution >= 4 is 63.6 Å². The van der Waals surface area contributed by atoms with E-state index in [1.807, 2.05) is 36.4 Å². The molecule has 0 aliphatic heterocycles. The molecule has 0 spiro atoms. The number of hydrogen-bond donors (Lipinski definition) is 2. The number of aromatic nitrogens is 3. The molecule has 0 fully saturated rings. The molecule has 0 atom stereocenters. The molecular weight excluding hydrogens is 528 g/mol. The standard InChI is InChI=1S/C26H22BCl2N5O2S/c27-22-16-31-34-25(13-24(33-26(22)34)21-3-1-2-4-23(21)29)30-14-17-5-7-18(8-6-17)15-32-37(35,36)20-11-9-19(28)10-12-20/h1,3,5-13,16,30,32H,2,4,14-15H2. The van der Waals surface area contributed by atoms with Gasteiger partial charge in [0.05, 0.1) is 10.6 Å². The van der Waals surface area contributed by atoms with Gasteiger partial charge >= 0.3 is 0 Å². The average Bonchev–Trinajstić information content (AvgIpc) is 3.28. The molecule has 0 saturated heterocycles. The fraction of sp³-hybridized carbons (Fsp3) is 0.154. The molecule has 2 N–H and O–H groups in total. The number of rotatable bonds is 8. The molecule has 1 aliphatic carbocycles. The van der Waals surface area contributed by atoms with Crippen molar-refractivity contribution < 1.29 is 8.42 Å². The van der Waals surface area contributed by atoms with Crippen LogP contribution in [-0.4, -0.2) is 30.9 Å². The Kier molecular flexibility index (Phi) is 7.39. The molecule has 0 bridgehead atoms. The van der Waals surface area contributed by atoms with Crippen LogP contribution in [0.25, 0.3) is 11.2 Å². The van der Waals surface area contributed by atoms with Gasteiger partial charge in [0.15, 0.2) is 5.65 Å². The van der Waals surface area contributed by atoms with E-state index in [2.05, 4.69) is 26.2 Å². The maximum atomic E-state index is 12.5. The van der Waals surface area contributed by atoms with Crippen LogP contribution < -0.4 is 15.5 Å². The lowest BCUT2D eigenvalue weighted by Crippen LogP contribution is -2.23. The third kappa shape index (κ3) is 5.75. The van der Waals surface area contributed by atoms with Gasteiger partial charge in [0.25, 0.3) is 0 Å². The topological polar surface area (TPSA) is 88.4 Å². The molecule has 2 heterocycles. The van der Waals surface area contributed by atoms with Crippen molar-refractivity contribution in [3.63, 3.8) is 0 Å². The molecule has 5 rings (SSSR count). The van der Waals surface area contributed by atoms with E-state index in [1.54, 1.807) is 22.8 Å². The molecule has 0 amide bonds. The van der Waals surface area contributed by atoms with E-state index in [0.29, 0.717) is 22.7 Å². The number of hydrogen-bond acceptors (Lipinski definition) is 5. The summed E-state index contributed by atoms with van der Waals surface area (Å²) < 4.78 is 29.3. The molecule has 0 saturated carbocycles. The zero-order chi connectivity index (χ0) is 26.0. The van der Waals surface area contributed by atoms with Crippen LogP contribution in [0.5, 0.6) is 0 Å². The minimum atomic E-state index is -3.63. The molecule has 2 aromatic heterocycles. The van der Waals surface area contributed by atoms with Gasteiger partial charge < -0.3 is 5.32 Å². The van der Waals surface area contributed by atoms with E-state index in [4.69, 9.17) is 31.0 Å². The Morgan fingerprint density at radius 1 is 1.00 bits per heavy atom. The smallest absolute Gasteiger partial charge is 0.240 e. The minimum Gasteiger partial charge on any atom is -0.366 e. The molecule has 186 valence electrons. The highest BCUT2D eigenvalue weighted by Gasteiger charge is 2.16. The summed E-state index contributed by atoms with van der Waals surface area (Å²) in [6.07, 6.45) is 7.32. The largest absolute Gasteiger partial charge is 0.366 e. The van der Waals surface area contributed by atoms with Gasteiger partial charge in [-0.1, -0.05) is 59.6 Å². The van der Waals surface area contributed by atoms with E-state index in [0.717, 1.165) is 46.1 Å². The summed E-state index contributed by atoms with van der Waals surface area (Å²) in [5.74, 6) is 0.729. The molecular formula is C26H22BCl2N5O2S. The second kappa shape index (κ2) is 10.7. The highest BCUT2D eigenvalue weighted by molar-refractivity contribution is 7.89. The van der Waals surface area contributed by atoms with Gasteiger partial charge in [-0.05, 0) is 53.7 Å². The summed E-state index contributed by atoms with van der Waals surface area (Å²) in [4.78, 5) is 4.85. The summed E-state index contributed by atoms with van der Waals surface area (Å²) in [7, 11) is 2.48. The third-order valence-electron chi connectivity index (χ3n) is 5.97. The fourth-order valence-electron chi connectivity index (χ4n) is 3.95. The predicted octanol–water partition coefficient (Wildman–Crippen LogP) is 4.57. The van der Waals surface area contributed by atoms with Crippen molar-refractivity contribution in [3.05, 3.63) is 99.8 Å². The van der Waals surface area contributed by atoms with Crippen molar-refractivity contribution in [3.8, 4) is 0 Å². The number of halogens is 2. The van der Waals surface area contributed by atoms with Gasteiger partial charge in [-0.25, -0.2) is 18.1 Å². The Labute approximate surface area is 226 Å². The normalized spacial score (nSPS) is 13.9. The highest BCUT2D eigenvalue weighted by atomic mass is 35.5. The minimum absolute atomic E-state index is 0.167. The number of fused-ring (bicyclic) bond motifs is 1. The zero-order valence-corrected chi connectivity index (χ0v) is 22.0. The van der Waals surface area contributed by atoms with Gasteiger partial charge in [-0.2, -0.15) is 9.61 Å². The first-order chi connectivity index (χ1) is 17.8. The monoisotopic (exact) mass is 549 g/mol. The summed E-state index contributed by atoms with van der Waals surface area (Å²) >= 11 is 12.3. The number of anilines is 1. The predicted molar refractivity (Wildman–Crippen MR) is 149 cm³/mol. The van der Waals surface area contributed by atoms with Crippen molar-refractivity contribution in [1.29, 1.82) is 0 Å². The van der Waals surface area contributed by atoms with Gasteiger partial charge in [-0.15, -0.1) is 0 Å². The van der Waals surface area contributed by atoms with Crippen LogP contribution in [0, 0.1) is 0 Å². The fourth-order valence-corrected chi connectivity index (χ4v) is 5.36. The van der Waals surface area contributed by atoms with Gasteiger partial charge in [-0.3, -0.25) is 0 Å². The van der Waals surface area contributed by atoms with Crippen LogP contribution in [0.3, 0.4) is 0 Å². The Bertz CT molecular complexity index is 1620. The zero-order valence-electron chi connectivity index (χ0n) is 19.7. The average molecular weight is 550 g/mol. The van der Waals surface area contributed by atoms with Crippen molar-refractivity contribution in [2.45, 2.75) is 30.8 Å². The first-order valence-corrected chi connectivity index (χ1v) is 13.8. The molecule has 4 aromatic rings. The Hall–Kier alpha value is -3.11. The van der Waals surface area contributed by atoms with E-state index in [1.165, 1.54) is 12.1 Å². The van der Waals surface area contributed by atoms with Crippen LogP contribution >= 0.6 is 23.2 Å². The van der Waals surface area contributed by atoms with Crippen LogP contribution in [0.4, 0.5) is 5.82 Å². The van der Waals surface area contributed by atoms with Gasteiger partial charge in [0, 0.05) is 41.0 Å². The lowest BCUT2D eigenvalue weighted by Gasteiger charge is -2.14. The third-order valence-corrected chi connectivity index (χ3v) is 8.03. The lowest BCUT2D eigenvalue weighted by atomic mass is 10.00. The van der Waals surface area contributed by atoms with E-state index >= 15 is 0 Å². The van der Waals surface area contributed by atoms with Crippen LogP contribution in [0.1, 0.15) is 29.7 Å². The van der Waals surface area contributed by atoms with Crippen molar-refractivity contribution in [2.24, 2.45) is 0 Å². The van der Waals surface area contributed by atoms with Crippen LogP contribution in [0.15, 0.2) is 82.9 Å². The second-order valence-corrected chi connectivity index (χ2v) is 11.2. The number of benzene rings is 2. The van der Waals surface area contributed by atoms with Crippen molar-refractivity contribution in [1.82, 2.24) is 19.3 Å². The Morgan fingerprint density at radius 3 is 2.41 bits per heavy atom. The summed E-state index contributed by atoms with van der Waals surface area (Å²) in [5, 5.41) is 9.01.